The number of carbonyl (C=O) groups excluding carboxylic acids is 1. The molecule has 0 saturated carbocycles. The molecule has 2 heterocycles. The standard InChI is InChI=1S/C29H27N5O3/c1-33-15-13-21(14-16-33)23-12-11-20(17-28(23)34(36)37)19-30-32-29(35)25-18-27(22-7-3-2-4-8-22)31-26-10-6-5-9-24(25)26/h2-12,17-19,21H,13-16H2,1H3,(H,32,35)/b30-19+. The van der Waals surface area contributed by atoms with Gasteiger partial charge in [0, 0.05) is 28.1 Å². The molecule has 186 valence electrons. The molecule has 0 radical (unpaired) electrons. The summed E-state index contributed by atoms with van der Waals surface area (Å²) in [6.07, 6.45) is 3.22. The third-order valence-electron chi connectivity index (χ3n) is 6.82. The minimum absolute atomic E-state index is 0.0949. The number of nitrogens with zero attached hydrogens (tertiary/aromatic N) is 4. The van der Waals surface area contributed by atoms with Crippen molar-refractivity contribution in [1.82, 2.24) is 15.3 Å². The lowest BCUT2D eigenvalue weighted by Crippen LogP contribution is -2.29. The van der Waals surface area contributed by atoms with E-state index in [0.717, 1.165) is 37.1 Å². The zero-order chi connectivity index (χ0) is 25.8. The fourth-order valence-electron chi connectivity index (χ4n) is 4.81. The van der Waals surface area contributed by atoms with Gasteiger partial charge in [-0.3, -0.25) is 14.9 Å². The molecule has 1 saturated heterocycles. The average molecular weight is 494 g/mol. The van der Waals surface area contributed by atoms with Crippen LogP contribution in [0.25, 0.3) is 22.2 Å². The van der Waals surface area contributed by atoms with Gasteiger partial charge < -0.3 is 4.90 Å². The van der Waals surface area contributed by atoms with Crippen LogP contribution in [0.4, 0.5) is 5.69 Å². The van der Waals surface area contributed by atoms with Gasteiger partial charge in [-0.15, -0.1) is 0 Å². The Hall–Kier alpha value is -4.43. The van der Waals surface area contributed by atoms with E-state index in [2.05, 4.69) is 22.5 Å². The van der Waals surface area contributed by atoms with E-state index in [1.54, 1.807) is 6.07 Å². The number of hydrazone groups is 1. The van der Waals surface area contributed by atoms with E-state index in [-0.39, 0.29) is 22.4 Å². The van der Waals surface area contributed by atoms with Crippen molar-refractivity contribution in [2.75, 3.05) is 20.1 Å². The van der Waals surface area contributed by atoms with Crippen LogP contribution in [-0.4, -0.2) is 47.1 Å². The fourth-order valence-corrected chi connectivity index (χ4v) is 4.81. The van der Waals surface area contributed by atoms with Gasteiger partial charge in [-0.2, -0.15) is 5.10 Å². The van der Waals surface area contributed by atoms with Crippen LogP contribution >= 0.6 is 0 Å². The van der Waals surface area contributed by atoms with Gasteiger partial charge in [0.05, 0.1) is 27.9 Å². The van der Waals surface area contributed by atoms with Crippen LogP contribution in [0.3, 0.4) is 0 Å². The fraction of sp³-hybridized carbons (Fsp3) is 0.207. The maximum absolute atomic E-state index is 13.1. The van der Waals surface area contributed by atoms with Crippen LogP contribution in [-0.2, 0) is 0 Å². The summed E-state index contributed by atoms with van der Waals surface area (Å²) in [5.41, 5.74) is 6.73. The number of nitro groups is 1. The normalized spacial score (nSPS) is 14.7. The van der Waals surface area contributed by atoms with E-state index in [1.807, 2.05) is 66.7 Å². The maximum atomic E-state index is 13.1. The third kappa shape index (κ3) is 5.39. The Morgan fingerprint density at radius 2 is 1.78 bits per heavy atom. The summed E-state index contributed by atoms with van der Waals surface area (Å²) in [4.78, 5) is 31.5. The largest absolute Gasteiger partial charge is 0.306 e. The van der Waals surface area contributed by atoms with Crippen molar-refractivity contribution >= 4 is 28.7 Å². The Morgan fingerprint density at radius 1 is 1.05 bits per heavy atom. The van der Waals surface area contributed by atoms with Crippen LogP contribution in [0.15, 0.2) is 84.0 Å². The predicted molar refractivity (Wildman–Crippen MR) is 145 cm³/mol. The van der Waals surface area contributed by atoms with Gasteiger partial charge in [-0.1, -0.05) is 60.7 Å². The van der Waals surface area contributed by atoms with E-state index in [9.17, 15) is 14.9 Å². The van der Waals surface area contributed by atoms with Gasteiger partial charge in [-0.05, 0) is 51.0 Å². The number of nitrogens with one attached hydrogen (secondary N) is 1. The molecule has 0 aliphatic carbocycles. The topological polar surface area (TPSA) is 101 Å². The first-order valence-electron chi connectivity index (χ1n) is 12.2. The smallest absolute Gasteiger partial charge is 0.273 e. The van der Waals surface area contributed by atoms with Gasteiger partial charge in [-0.25, -0.2) is 10.4 Å². The second-order valence-electron chi connectivity index (χ2n) is 9.29. The summed E-state index contributed by atoms with van der Waals surface area (Å²) in [6.45, 7) is 1.85. The molecule has 8 heteroatoms. The minimum atomic E-state index is -0.385. The van der Waals surface area contributed by atoms with Gasteiger partial charge in [0.1, 0.15) is 0 Å². The quantitative estimate of drug-likeness (QED) is 0.221. The molecule has 3 aromatic carbocycles. The molecule has 37 heavy (non-hydrogen) atoms. The Morgan fingerprint density at radius 3 is 2.54 bits per heavy atom. The first kappa shape index (κ1) is 24.3. The molecule has 0 atom stereocenters. The van der Waals surface area contributed by atoms with Crippen molar-refractivity contribution in [3.8, 4) is 11.3 Å². The van der Waals surface area contributed by atoms with Crippen LogP contribution in [0.5, 0.6) is 0 Å². The van der Waals surface area contributed by atoms with Gasteiger partial charge in [0.25, 0.3) is 11.6 Å². The molecule has 0 unspecified atom stereocenters. The molecular weight excluding hydrogens is 466 g/mol. The number of para-hydroxylation sites is 1. The molecule has 1 fully saturated rings. The summed E-state index contributed by atoms with van der Waals surface area (Å²) >= 11 is 0. The average Bonchev–Trinajstić information content (AvgIpc) is 2.93. The number of likely N-dealkylation sites (tertiary alicyclic amines) is 1. The Kier molecular flexibility index (Phi) is 7.00. The Balaban J connectivity index is 1.38. The summed E-state index contributed by atoms with van der Waals surface area (Å²) in [6, 6.07) is 24.0. The van der Waals surface area contributed by atoms with E-state index in [0.29, 0.717) is 27.7 Å². The Labute approximate surface area is 214 Å². The summed E-state index contributed by atoms with van der Waals surface area (Å²) in [7, 11) is 2.07. The van der Waals surface area contributed by atoms with Crippen molar-refractivity contribution in [2.24, 2.45) is 5.10 Å². The highest BCUT2D eigenvalue weighted by Crippen LogP contribution is 2.34. The molecule has 1 N–H and O–H groups in total. The summed E-state index contributed by atoms with van der Waals surface area (Å²) in [5.74, 6) is -0.217. The number of amides is 1. The number of hydrogen-bond donors (Lipinski definition) is 1. The molecule has 0 spiro atoms. The van der Waals surface area contributed by atoms with Gasteiger partial charge >= 0.3 is 0 Å². The minimum Gasteiger partial charge on any atom is -0.306 e. The number of benzene rings is 3. The molecule has 4 aromatic rings. The van der Waals surface area contributed by atoms with E-state index in [4.69, 9.17) is 4.98 Å². The maximum Gasteiger partial charge on any atom is 0.273 e. The van der Waals surface area contributed by atoms with Crippen molar-refractivity contribution in [3.63, 3.8) is 0 Å². The summed E-state index contributed by atoms with van der Waals surface area (Å²) < 4.78 is 0. The molecule has 1 aliphatic rings. The Bertz CT molecular complexity index is 1480. The number of pyridine rings is 1. The highest BCUT2D eigenvalue weighted by Gasteiger charge is 2.25. The monoisotopic (exact) mass is 493 g/mol. The first-order chi connectivity index (χ1) is 18.0. The van der Waals surface area contributed by atoms with E-state index >= 15 is 0 Å². The summed E-state index contributed by atoms with van der Waals surface area (Å²) in [5, 5.41) is 16.6. The third-order valence-corrected chi connectivity index (χ3v) is 6.82. The number of piperidine rings is 1. The van der Waals surface area contributed by atoms with Crippen LogP contribution in [0.2, 0.25) is 0 Å². The van der Waals surface area contributed by atoms with E-state index in [1.165, 1.54) is 12.3 Å². The van der Waals surface area contributed by atoms with E-state index < -0.39 is 0 Å². The molecular formula is C29H27N5O3. The van der Waals surface area contributed by atoms with Crippen molar-refractivity contribution in [1.29, 1.82) is 0 Å². The predicted octanol–water partition coefficient (Wildman–Crippen LogP) is 5.38. The van der Waals surface area contributed by atoms with Crippen LogP contribution < -0.4 is 5.43 Å². The van der Waals surface area contributed by atoms with Gasteiger partial charge in [0.2, 0.25) is 0 Å². The lowest BCUT2D eigenvalue weighted by molar-refractivity contribution is -0.385. The number of rotatable bonds is 6. The van der Waals surface area contributed by atoms with Crippen molar-refractivity contribution < 1.29 is 9.72 Å². The van der Waals surface area contributed by atoms with Crippen molar-refractivity contribution in [3.05, 3.63) is 106 Å². The molecule has 1 aliphatic heterocycles. The van der Waals surface area contributed by atoms with Crippen molar-refractivity contribution in [2.45, 2.75) is 18.8 Å². The lowest BCUT2D eigenvalue weighted by Gasteiger charge is -2.28. The zero-order valence-corrected chi connectivity index (χ0v) is 20.5. The number of fused-ring (bicyclic) bond motifs is 1. The van der Waals surface area contributed by atoms with Gasteiger partial charge in [0.15, 0.2) is 0 Å². The highest BCUT2D eigenvalue weighted by atomic mass is 16.6. The SMILES string of the molecule is CN1CCC(c2ccc(/C=N/NC(=O)c3cc(-c4ccccc4)nc4ccccc34)cc2[N+](=O)[O-])CC1. The zero-order valence-electron chi connectivity index (χ0n) is 20.5. The number of aromatic nitrogens is 1. The second-order valence-corrected chi connectivity index (χ2v) is 9.29. The second kappa shape index (κ2) is 10.7. The molecule has 8 nitrogen and oxygen atoms in total. The number of carbonyl (C=O) groups is 1. The molecule has 1 aromatic heterocycles. The highest BCUT2D eigenvalue weighted by molar-refractivity contribution is 6.07. The molecule has 1 amide bonds. The molecule has 0 bridgehead atoms. The molecule has 5 rings (SSSR count). The number of nitro benzene ring substituents is 1. The van der Waals surface area contributed by atoms with Crippen LogP contribution in [0, 0.1) is 10.1 Å². The van der Waals surface area contributed by atoms with Crippen LogP contribution in [0.1, 0.15) is 40.2 Å². The number of hydrogen-bond acceptors (Lipinski definition) is 6. The lowest BCUT2D eigenvalue weighted by atomic mass is 9.88. The first-order valence-corrected chi connectivity index (χ1v) is 12.2.